The zero-order valence-corrected chi connectivity index (χ0v) is 12.5. The highest BCUT2D eigenvalue weighted by molar-refractivity contribution is 5.90. The molecule has 6 nitrogen and oxygen atoms in total. The number of ether oxygens (including phenoxy) is 1. The van der Waals surface area contributed by atoms with Gasteiger partial charge < -0.3 is 14.7 Å². The van der Waals surface area contributed by atoms with Crippen molar-refractivity contribution in [2.45, 2.75) is 58.6 Å². The van der Waals surface area contributed by atoms with Gasteiger partial charge in [0.2, 0.25) is 5.91 Å². The lowest BCUT2D eigenvalue weighted by Crippen LogP contribution is -2.45. The van der Waals surface area contributed by atoms with E-state index in [1.54, 1.807) is 20.8 Å². The van der Waals surface area contributed by atoms with Crippen LogP contribution in [0.2, 0.25) is 0 Å². The summed E-state index contributed by atoms with van der Waals surface area (Å²) in [4.78, 5) is 36.5. The predicted molar refractivity (Wildman–Crippen MR) is 72.0 cm³/mol. The second kappa shape index (κ2) is 6.24. The first-order valence-electron chi connectivity index (χ1n) is 6.91. The van der Waals surface area contributed by atoms with Crippen molar-refractivity contribution < 1.29 is 24.2 Å². The summed E-state index contributed by atoms with van der Waals surface area (Å²) >= 11 is 0. The van der Waals surface area contributed by atoms with Crippen molar-refractivity contribution in [3.63, 3.8) is 0 Å². The SMILES string of the molecule is CCCC(C(=O)OC(C)(C)C)N1C[C@@H](C(=O)O)CC1=O. The molecule has 1 aliphatic heterocycles. The lowest BCUT2D eigenvalue weighted by molar-refractivity contribution is -0.164. The van der Waals surface area contributed by atoms with E-state index in [0.717, 1.165) is 0 Å². The summed E-state index contributed by atoms with van der Waals surface area (Å²) < 4.78 is 5.33. The van der Waals surface area contributed by atoms with Gasteiger partial charge in [-0.1, -0.05) is 13.3 Å². The van der Waals surface area contributed by atoms with Gasteiger partial charge in [0.1, 0.15) is 11.6 Å². The number of carboxylic acid groups (broad SMARTS) is 1. The minimum atomic E-state index is -1.000. The van der Waals surface area contributed by atoms with Gasteiger partial charge in [-0.15, -0.1) is 0 Å². The van der Waals surface area contributed by atoms with Crippen LogP contribution in [0.5, 0.6) is 0 Å². The van der Waals surface area contributed by atoms with Crippen LogP contribution in [0, 0.1) is 5.92 Å². The Hall–Kier alpha value is -1.59. The molecule has 1 unspecified atom stereocenters. The molecule has 0 aromatic carbocycles. The third kappa shape index (κ3) is 4.21. The van der Waals surface area contributed by atoms with E-state index in [4.69, 9.17) is 9.84 Å². The quantitative estimate of drug-likeness (QED) is 0.772. The van der Waals surface area contributed by atoms with E-state index in [2.05, 4.69) is 0 Å². The standard InChI is InChI=1S/C14H23NO5/c1-5-6-10(13(19)20-14(2,3)4)15-8-9(12(17)18)7-11(15)16/h9-10H,5-8H2,1-4H3,(H,17,18)/t9-,10?/m0/s1. The van der Waals surface area contributed by atoms with Crippen molar-refractivity contribution in [3.8, 4) is 0 Å². The van der Waals surface area contributed by atoms with Crippen LogP contribution in [0.15, 0.2) is 0 Å². The molecule has 6 heteroatoms. The lowest BCUT2D eigenvalue weighted by atomic mass is 10.1. The molecule has 1 heterocycles. The fourth-order valence-corrected chi connectivity index (χ4v) is 2.24. The zero-order chi connectivity index (χ0) is 15.5. The van der Waals surface area contributed by atoms with Gasteiger partial charge >= 0.3 is 11.9 Å². The maximum Gasteiger partial charge on any atom is 0.329 e. The normalized spacial score (nSPS) is 20.9. The Labute approximate surface area is 119 Å². The first-order chi connectivity index (χ1) is 9.15. The van der Waals surface area contributed by atoms with Crippen molar-refractivity contribution in [1.82, 2.24) is 4.90 Å². The fourth-order valence-electron chi connectivity index (χ4n) is 2.24. The van der Waals surface area contributed by atoms with Crippen molar-refractivity contribution in [2.75, 3.05) is 6.54 Å². The molecule has 0 radical (unpaired) electrons. The molecule has 0 aromatic heterocycles. The average molecular weight is 285 g/mol. The number of hydrogen-bond acceptors (Lipinski definition) is 4. The van der Waals surface area contributed by atoms with Gasteiger partial charge in [-0.2, -0.15) is 0 Å². The molecule has 2 atom stereocenters. The lowest BCUT2D eigenvalue weighted by Gasteiger charge is -2.29. The minimum absolute atomic E-state index is 0.0433. The summed E-state index contributed by atoms with van der Waals surface area (Å²) in [5.74, 6) is -2.48. The molecule has 1 aliphatic rings. The molecule has 1 saturated heterocycles. The maximum absolute atomic E-state index is 12.2. The van der Waals surface area contributed by atoms with Crippen molar-refractivity contribution >= 4 is 17.8 Å². The molecule has 1 N–H and O–H groups in total. The summed E-state index contributed by atoms with van der Waals surface area (Å²) in [6.45, 7) is 7.28. The van der Waals surface area contributed by atoms with Crippen LogP contribution in [-0.4, -0.2) is 46.0 Å². The van der Waals surface area contributed by atoms with E-state index in [1.165, 1.54) is 4.90 Å². The van der Waals surface area contributed by atoms with Gasteiger partial charge in [0, 0.05) is 13.0 Å². The molecule has 1 fully saturated rings. The first-order valence-corrected chi connectivity index (χ1v) is 6.91. The van der Waals surface area contributed by atoms with Gasteiger partial charge in [-0.05, 0) is 27.2 Å². The van der Waals surface area contributed by atoms with Crippen LogP contribution in [0.3, 0.4) is 0 Å². The van der Waals surface area contributed by atoms with Crippen LogP contribution < -0.4 is 0 Å². The Bertz CT molecular complexity index is 399. The molecule has 0 aromatic rings. The summed E-state index contributed by atoms with van der Waals surface area (Å²) in [5, 5.41) is 8.99. The van der Waals surface area contributed by atoms with Gasteiger partial charge in [-0.3, -0.25) is 9.59 Å². The van der Waals surface area contributed by atoms with Gasteiger partial charge in [0.25, 0.3) is 0 Å². The molecule has 1 amide bonds. The topological polar surface area (TPSA) is 83.9 Å². The van der Waals surface area contributed by atoms with Crippen molar-refractivity contribution in [2.24, 2.45) is 5.92 Å². The fraction of sp³-hybridized carbons (Fsp3) is 0.786. The van der Waals surface area contributed by atoms with Crippen LogP contribution in [0.4, 0.5) is 0 Å². The maximum atomic E-state index is 12.2. The molecule has 0 bridgehead atoms. The van der Waals surface area contributed by atoms with Crippen LogP contribution in [-0.2, 0) is 19.1 Å². The molecule has 0 spiro atoms. The Kier molecular flexibility index (Phi) is 5.14. The number of carboxylic acids is 1. The van der Waals surface area contributed by atoms with E-state index >= 15 is 0 Å². The highest BCUT2D eigenvalue weighted by atomic mass is 16.6. The Balaban J connectivity index is 2.83. The number of rotatable bonds is 5. The third-order valence-corrected chi connectivity index (χ3v) is 3.12. The van der Waals surface area contributed by atoms with Crippen molar-refractivity contribution in [3.05, 3.63) is 0 Å². The Morgan fingerprint density at radius 3 is 2.45 bits per heavy atom. The van der Waals surface area contributed by atoms with E-state index < -0.39 is 29.5 Å². The largest absolute Gasteiger partial charge is 0.481 e. The molecule has 0 saturated carbocycles. The number of amides is 1. The number of carbonyl (C=O) groups is 3. The predicted octanol–water partition coefficient (Wildman–Crippen LogP) is 1.43. The number of aliphatic carboxylic acids is 1. The number of esters is 1. The van der Waals surface area contributed by atoms with Crippen molar-refractivity contribution in [1.29, 1.82) is 0 Å². The summed E-state index contributed by atoms with van der Waals surface area (Å²) in [6.07, 6.45) is 1.15. The smallest absolute Gasteiger partial charge is 0.329 e. The second-order valence-electron chi connectivity index (χ2n) is 6.12. The van der Waals surface area contributed by atoms with E-state index in [1.807, 2.05) is 6.92 Å². The third-order valence-electron chi connectivity index (χ3n) is 3.12. The number of nitrogens with zero attached hydrogens (tertiary/aromatic N) is 1. The first kappa shape index (κ1) is 16.5. The number of hydrogen-bond donors (Lipinski definition) is 1. The molecule has 1 rings (SSSR count). The average Bonchev–Trinajstić information content (AvgIpc) is 2.65. The van der Waals surface area contributed by atoms with Crippen LogP contribution in [0.25, 0.3) is 0 Å². The molecule has 20 heavy (non-hydrogen) atoms. The number of carbonyl (C=O) groups excluding carboxylic acids is 2. The molecular formula is C14H23NO5. The summed E-state index contributed by atoms with van der Waals surface area (Å²) in [5.41, 5.74) is -0.627. The highest BCUT2D eigenvalue weighted by Crippen LogP contribution is 2.24. The minimum Gasteiger partial charge on any atom is -0.481 e. The molecule has 0 aliphatic carbocycles. The molecule has 114 valence electrons. The van der Waals surface area contributed by atoms with Gasteiger partial charge in [0.05, 0.1) is 5.92 Å². The summed E-state index contributed by atoms with van der Waals surface area (Å²) in [7, 11) is 0. The second-order valence-corrected chi connectivity index (χ2v) is 6.12. The van der Waals surface area contributed by atoms with E-state index in [9.17, 15) is 14.4 Å². The Morgan fingerprint density at radius 1 is 1.45 bits per heavy atom. The van der Waals surface area contributed by atoms with Crippen LogP contribution >= 0.6 is 0 Å². The van der Waals surface area contributed by atoms with Gasteiger partial charge in [0.15, 0.2) is 0 Å². The number of likely N-dealkylation sites (tertiary alicyclic amines) is 1. The molecular weight excluding hydrogens is 262 g/mol. The Morgan fingerprint density at radius 2 is 2.05 bits per heavy atom. The summed E-state index contributed by atoms with van der Waals surface area (Å²) in [6, 6.07) is -0.684. The zero-order valence-electron chi connectivity index (χ0n) is 12.5. The highest BCUT2D eigenvalue weighted by Gasteiger charge is 2.41. The van der Waals surface area contributed by atoms with Crippen LogP contribution in [0.1, 0.15) is 47.0 Å². The monoisotopic (exact) mass is 285 g/mol. The van der Waals surface area contributed by atoms with E-state index in [0.29, 0.717) is 12.8 Å². The van der Waals surface area contributed by atoms with E-state index in [-0.39, 0.29) is 18.9 Å². The van der Waals surface area contributed by atoms with Gasteiger partial charge in [-0.25, -0.2) is 4.79 Å².